The highest BCUT2D eigenvalue weighted by atomic mass is 35.5. The lowest BCUT2D eigenvalue weighted by Crippen LogP contribution is -2.43. The second-order valence-corrected chi connectivity index (χ2v) is 5.40. The molecule has 2 atom stereocenters. The van der Waals surface area contributed by atoms with Crippen molar-refractivity contribution in [1.29, 1.82) is 0 Å². The van der Waals surface area contributed by atoms with Gasteiger partial charge in [0.2, 0.25) is 0 Å². The fourth-order valence-electron chi connectivity index (χ4n) is 2.29. The van der Waals surface area contributed by atoms with Crippen LogP contribution in [0.4, 0.5) is 10.5 Å². The molecule has 7 heteroatoms. The average Bonchev–Trinajstić information content (AvgIpc) is 2.87. The molecule has 0 bridgehead atoms. The van der Waals surface area contributed by atoms with E-state index in [0.717, 1.165) is 5.56 Å². The fourth-order valence-corrected chi connectivity index (χ4v) is 2.47. The molecule has 1 aliphatic heterocycles. The number of halogens is 1. The highest BCUT2D eigenvalue weighted by molar-refractivity contribution is 6.31. The van der Waals surface area contributed by atoms with Crippen LogP contribution in [-0.4, -0.2) is 47.8 Å². The number of likely N-dealkylation sites (tertiary alicyclic amines) is 1. The van der Waals surface area contributed by atoms with Gasteiger partial charge in [-0.25, -0.2) is 9.59 Å². The van der Waals surface area contributed by atoms with Crippen LogP contribution in [0.25, 0.3) is 0 Å². The predicted octanol–water partition coefficient (Wildman–Crippen LogP) is 2.35. The van der Waals surface area contributed by atoms with E-state index in [9.17, 15) is 14.7 Å². The molecule has 1 fully saturated rings. The lowest BCUT2D eigenvalue weighted by molar-refractivity contribution is -0.141. The zero-order chi connectivity index (χ0) is 15.6. The van der Waals surface area contributed by atoms with Gasteiger partial charge < -0.3 is 20.1 Å². The van der Waals surface area contributed by atoms with E-state index in [2.05, 4.69) is 5.32 Å². The number of anilines is 1. The molecular formula is C14H17ClN2O4. The lowest BCUT2D eigenvalue weighted by atomic mass is 10.2. The van der Waals surface area contributed by atoms with Crippen LogP contribution in [0.3, 0.4) is 0 Å². The number of aryl methyl sites for hydroxylation is 1. The molecule has 0 radical (unpaired) electrons. The van der Waals surface area contributed by atoms with Gasteiger partial charge in [0.1, 0.15) is 6.04 Å². The molecule has 1 aromatic carbocycles. The standard InChI is InChI=1S/C14H17ClN2O4/c1-8-3-4-9(5-11(8)15)16-14(20)17-7-10(21-2)6-12(17)13(18)19/h3-5,10,12H,6-7H2,1-2H3,(H,16,20)(H,18,19). The molecule has 0 saturated carbocycles. The van der Waals surface area contributed by atoms with E-state index < -0.39 is 18.0 Å². The summed E-state index contributed by atoms with van der Waals surface area (Å²) in [7, 11) is 1.50. The van der Waals surface area contributed by atoms with Gasteiger partial charge in [0.05, 0.1) is 6.10 Å². The number of nitrogens with zero attached hydrogens (tertiary/aromatic N) is 1. The van der Waals surface area contributed by atoms with Crippen LogP contribution in [0.15, 0.2) is 18.2 Å². The molecular weight excluding hydrogens is 296 g/mol. The number of ether oxygens (including phenoxy) is 1. The molecule has 0 aliphatic carbocycles. The predicted molar refractivity (Wildman–Crippen MR) is 78.8 cm³/mol. The minimum absolute atomic E-state index is 0.249. The van der Waals surface area contributed by atoms with Crippen LogP contribution in [0.5, 0.6) is 0 Å². The number of methoxy groups -OCH3 is 1. The smallest absolute Gasteiger partial charge is 0.326 e. The van der Waals surface area contributed by atoms with Gasteiger partial charge in [-0.05, 0) is 24.6 Å². The highest BCUT2D eigenvalue weighted by Crippen LogP contribution is 2.23. The van der Waals surface area contributed by atoms with Crippen LogP contribution >= 0.6 is 11.6 Å². The highest BCUT2D eigenvalue weighted by Gasteiger charge is 2.39. The molecule has 2 unspecified atom stereocenters. The number of carbonyl (C=O) groups excluding carboxylic acids is 1. The van der Waals surface area contributed by atoms with Gasteiger partial charge in [0.15, 0.2) is 0 Å². The van der Waals surface area contributed by atoms with E-state index in [0.29, 0.717) is 10.7 Å². The number of hydrogen-bond donors (Lipinski definition) is 2. The molecule has 1 aromatic rings. The Kier molecular flexibility index (Phi) is 4.69. The van der Waals surface area contributed by atoms with Crippen molar-refractivity contribution in [2.75, 3.05) is 19.0 Å². The molecule has 21 heavy (non-hydrogen) atoms. The number of hydrogen-bond acceptors (Lipinski definition) is 3. The zero-order valence-corrected chi connectivity index (χ0v) is 12.6. The Labute approximate surface area is 127 Å². The molecule has 0 spiro atoms. The Bertz CT molecular complexity index is 564. The first kappa shape index (κ1) is 15.6. The largest absolute Gasteiger partial charge is 0.480 e. The number of carbonyl (C=O) groups is 2. The summed E-state index contributed by atoms with van der Waals surface area (Å²) in [4.78, 5) is 24.7. The lowest BCUT2D eigenvalue weighted by Gasteiger charge is -2.21. The Balaban J connectivity index is 2.11. The van der Waals surface area contributed by atoms with Crippen molar-refractivity contribution < 1.29 is 19.4 Å². The topological polar surface area (TPSA) is 78.9 Å². The van der Waals surface area contributed by atoms with Crippen LogP contribution in [0, 0.1) is 6.92 Å². The van der Waals surface area contributed by atoms with Crippen molar-refractivity contribution in [3.05, 3.63) is 28.8 Å². The average molecular weight is 313 g/mol. The van der Waals surface area contributed by atoms with Gasteiger partial charge in [-0.3, -0.25) is 0 Å². The third-order valence-corrected chi connectivity index (χ3v) is 3.97. The molecule has 0 aromatic heterocycles. The first-order chi connectivity index (χ1) is 9.92. The summed E-state index contributed by atoms with van der Waals surface area (Å²) in [6, 6.07) is 3.79. The molecule has 114 valence electrons. The second kappa shape index (κ2) is 6.32. The van der Waals surface area contributed by atoms with Crippen LogP contribution in [-0.2, 0) is 9.53 Å². The van der Waals surface area contributed by atoms with Crippen LogP contribution in [0.2, 0.25) is 5.02 Å². The van der Waals surface area contributed by atoms with Gasteiger partial charge in [-0.1, -0.05) is 17.7 Å². The Morgan fingerprint density at radius 1 is 1.48 bits per heavy atom. The van der Waals surface area contributed by atoms with Crippen molar-refractivity contribution >= 4 is 29.3 Å². The van der Waals surface area contributed by atoms with Crippen molar-refractivity contribution in [3.8, 4) is 0 Å². The van der Waals surface area contributed by atoms with Crippen molar-refractivity contribution in [1.82, 2.24) is 4.90 Å². The maximum Gasteiger partial charge on any atom is 0.326 e. The quantitative estimate of drug-likeness (QED) is 0.898. The van der Waals surface area contributed by atoms with Crippen LogP contribution < -0.4 is 5.32 Å². The number of aliphatic carboxylic acids is 1. The second-order valence-electron chi connectivity index (χ2n) is 4.99. The summed E-state index contributed by atoms with van der Waals surface area (Å²) in [5.74, 6) is -1.04. The number of rotatable bonds is 3. The summed E-state index contributed by atoms with van der Waals surface area (Å²) in [6.07, 6.45) is 0.0203. The minimum Gasteiger partial charge on any atom is -0.480 e. The maximum atomic E-state index is 12.2. The Hall–Kier alpha value is -1.79. The third-order valence-electron chi connectivity index (χ3n) is 3.57. The molecule has 2 N–H and O–H groups in total. The normalized spacial score (nSPS) is 21.4. The SMILES string of the molecule is COC1CC(C(=O)O)N(C(=O)Nc2ccc(C)c(Cl)c2)C1. The molecule has 1 heterocycles. The van der Waals surface area contributed by atoms with Gasteiger partial charge in [-0.2, -0.15) is 0 Å². The number of carboxylic acids is 1. The Morgan fingerprint density at radius 3 is 2.76 bits per heavy atom. The first-order valence-corrected chi connectivity index (χ1v) is 6.89. The van der Waals surface area contributed by atoms with Gasteiger partial charge in [0.25, 0.3) is 0 Å². The maximum absolute atomic E-state index is 12.2. The summed E-state index contributed by atoms with van der Waals surface area (Å²) in [6.45, 7) is 2.11. The minimum atomic E-state index is -1.04. The van der Waals surface area contributed by atoms with Crippen molar-refractivity contribution in [2.24, 2.45) is 0 Å². The Morgan fingerprint density at radius 2 is 2.19 bits per heavy atom. The van der Waals surface area contributed by atoms with E-state index in [1.165, 1.54) is 12.0 Å². The van der Waals surface area contributed by atoms with Gasteiger partial charge in [-0.15, -0.1) is 0 Å². The van der Waals surface area contributed by atoms with E-state index in [4.69, 9.17) is 16.3 Å². The zero-order valence-electron chi connectivity index (χ0n) is 11.8. The molecule has 6 nitrogen and oxygen atoms in total. The van der Waals surface area contributed by atoms with Gasteiger partial charge >= 0.3 is 12.0 Å². The number of urea groups is 1. The van der Waals surface area contributed by atoms with Gasteiger partial charge in [0, 0.05) is 30.8 Å². The molecule has 1 saturated heterocycles. The summed E-state index contributed by atoms with van der Waals surface area (Å²) >= 11 is 6.00. The van der Waals surface area contributed by atoms with Crippen LogP contribution in [0.1, 0.15) is 12.0 Å². The summed E-state index contributed by atoms with van der Waals surface area (Å²) < 4.78 is 5.15. The number of benzene rings is 1. The number of nitrogens with one attached hydrogen (secondary N) is 1. The summed E-state index contributed by atoms with van der Waals surface area (Å²) in [5, 5.41) is 12.4. The van der Waals surface area contributed by atoms with E-state index in [1.54, 1.807) is 18.2 Å². The van der Waals surface area contributed by atoms with Crippen molar-refractivity contribution in [2.45, 2.75) is 25.5 Å². The molecule has 2 rings (SSSR count). The summed E-state index contributed by atoms with van der Waals surface area (Å²) in [5.41, 5.74) is 1.43. The van der Waals surface area contributed by atoms with E-state index in [-0.39, 0.29) is 19.1 Å². The van der Waals surface area contributed by atoms with Crippen molar-refractivity contribution in [3.63, 3.8) is 0 Å². The van der Waals surface area contributed by atoms with E-state index in [1.807, 2.05) is 6.92 Å². The number of carboxylic acid groups (broad SMARTS) is 1. The monoisotopic (exact) mass is 312 g/mol. The number of amides is 2. The fraction of sp³-hybridized carbons (Fsp3) is 0.429. The molecule has 1 aliphatic rings. The van der Waals surface area contributed by atoms with E-state index >= 15 is 0 Å². The first-order valence-electron chi connectivity index (χ1n) is 6.51. The third kappa shape index (κ3) is 3.46. The molecule has 2 amide bonds.